The van der Waals surface area contributed by atoms with E-state index in [0.717, 1.165) is 30.4 Å². The van der Waals surface area contributed by atoms with Crippen molar-refractivity contribution >= 4 is 34.7 Å². The number of ether oxygens (including phenoxy) is 2. The first kappa shape index (κ1) is 21.7. The van der Waals surface area contributed by atoms with Crippen LogP contribution in [0.1, 0.15) is 30.2 Å². The first-order valence-electron chi connectivity index (χ1n) is 10.3. The fourth-order valence-corrected chi connectivity index (χ4v) is 5.72. The summed E-state index contributed by atoms with van der Waals surface area (Å²) < 4.78 is 12.7. The standard InChI is InChI=1S/C22H26N4O3S2/c1-4-26-21(16-12-30-19-8-6-5-7-15(16)19)24-25-22(26)31-13-20(27)23-17-11-14(28-2)9-10-18(17)29-3/h9-12H,4-8,13H2,1-3H3,(H,23,27). The lowest BCUT2D eigenvalue weighted by Crippen LogP contribution is -2.15. The Balaban J connectivity index is 1.47. The molecule has 0 bridgehead atoms. The molecule has 0 spiro atoms. The van der Waals surface area contributed by atoms with Gasteiger partial charge in [-0.15, -0.1) is 21.5 Å². The minimum absolute atomic E-state index is 0.142. The maximum absolute atomic E-state index is 12.6. The van der Waals surface area contributed by atoms with Gasteiger partial charge in [-0.05, 0) is 50.3 Å². The third kappa shape index (κ3) is 4.57. The Bertz CT molecular complexity index is 1080. The van der Waals surface area contributed by atoms with Crippen LogP contribution in [0.2, 0.25) is 0 Å². The van der Waals surface area contributed by atoms with Crippen molar-refractivity contribution in [3.05, 3.63) is 34.0 Å². The number of carbonyl (C=O) groups is 1. The number of benzene rings is 1. The number of aromatic nitrogens is 3. The predicted molar refractivity (Wildman–Crippen MR) is 125 cm³/mol. The number of hydrogen-bond acceptors (Lipinski definition) is 7. The van der Waals surface area contributed by atoms with Crippen LogP contribution in [-0.2, 0) is 24.2 Å². The lowest BCUT2D eigenvalue weighted by molar-refractivity contribution is -0.113. The molecule has 3 aromatic rings. The molecule has 0 unspecified atom stereocenters. The Kier molecular flexibility index (Phi) is 6.82. The zero-order chi connectivity index (χ0) is 21.8. The van der Waals surface area contributed by atoms with Crippen molar-refractivity contribution in [1.82, 2.24) is 14.8 Å². The van der Waals surface area contributed by atoms with Gasteiger partial charge in [0.1, 0.15) is 11.5 Å². The molecule has 0 saturated heterocycles. The van der Waals surface area contributed by atoms with Crippen molar-refractivity contribution in [3.8, 4) is 22.9 Å². The van der Waals surface area contributed by atoms with Gasteiger partial charge in [0.2, 0.25) is 5.91 Å². The molecule has 0 atom stereocenters. The maximum Gasteiger partial charge on any atom is 0.234 e. The maximum atomic E-state index is 12.6. The molecule has 1 N–H and O–H groups in total. The molecule has 4 rings (SSSR count). The number of nitrogens with one attached hydrogen (secondary N) is 1. The smallest absolute Gasteiger partial charge is 0.234 e. The van der Waals surface area contributed by atoms with Gasteiger partial charge in [-0.2, -0.15) is 0 Å². The van der Waals surface area contributed by atoms with E-state index in [1.807, 2.05) is 11.3 Å². The summed E-state index contributed by atoms with van der Waals surface area (Å²) in [5, 5.41) is 14.7. The number of thioether (sulfide) groups is 1. The number of fused-ring (bicyclic) bond motifs is 1. The Labute approximate surface area is 190 Å². The van der Waals surface area contributed by atoms with Gasteiger partial charge in [-0.25, -0.2) is 0 Å². The van der Waals surface area contributed by atoms with Crippen LogP contribution in [0.25, 0.3) is 11.4 Å². The van der Waals surface area contributed by atoms with E-state index in [4.69, 9.17) is 9.47 Å². The van der Waals surface area contributed by atoms with E-state index in [0.29, 0.717) is 17.2 Å². The molecule has 0 aliphatic heterocycles. The van der Waals surface area contributed by atoms with Gasteiger partial charge in [0.25, 0.3) is 0 Å². The van der Waals surface area contributed by atoms with Crippen molar-refractivity contribution < 1.29 is 14.3 Å². The van der Waals surface area contributed by atoms with E-state index in [1.165, 1.54) is 40.6 Å². The van der Waals surface area contributed by atoms with E-state index < -0.39 is 0 Å². The largest absolute Gasteiger partial charge is 0.497 e. The Morgan fingerprint density at radius 2 is 2.06 bits per heavy atom. The van der Waals surface area contributed by atoms with Gasteiger partial charge >= 0.3 is 0 Å². The highest BCUT2D eigenvalue weighted by atomic mass is 32.2. The summed E-state index contributed by atoms with van der Waals surface area (Å²) in [7, 11) is 3.16. The van der Waals surface area contributed by atoms with E-state index in [-0.39, 0.29) is 11.7 Å². The topological polar surface area (TPSA) is 78.3 Å². The second kappa shape index (κ2) is 9.74. The van der Waals surface area contributed by atoms with Crippen LogP contribution >= 0.6 is 23.1 Å². The molecule has 9 heteroatoms. The summed E-state index contributed by atoms with van der Waals surface area (Å²) in [4.78, 5) is 14.1. The van der Waals surface area contributed by atoms with Crippen molar-refractivity contribution in [2.75, 3.05) is 25.3 Å². The molecule has 7 nitrogen and oxygen atoms in total. The number of aryl methyl sites for hydroxylation is 1. The van der Waals surface area contributed by atoms with Crippen LogP contribution in [0, 0.1) is 0 Å². The second-order valence-electron chi connectivity index (χ2n) is 7.21. The Morgan fingerprint density at radius 3 is 2.84 bits per heavy atom. The van der Waals surface area contributed by atoms with Crippen LogP contribution < -0.4 is 14.8 Å². The van der Waals surface area contributed by atoms with Crippen molar-refractivity contribution in [2.45, 2.75) is 44.3 Å². The molecule has 2 heterocycles. The molecule has 0 radical (unpaired) electrons. The SMILES string of the molecule is CCn1c(SCC(=O)Nc2cc(OC)ccc2OC)nnc1-c1csc2c1CCCC2. The normalized spacial score (nSPS) is 13.0. The Morgan fingerprint density at radius 1 is 1.23 bits per heavy atom. The van der Waals surface area contributed by atoms with Gasteiger partial charge in [0.15, 0.2) is 11.0 Å². The summed E-state index contributed by atoms with van der Waals surface area (Å²) in [5.41, 5.74) is 3.21. The fraction of sp³-hybridized carbons (Fsp3) is 0.409. The molecule has 31 heavy (non-hydrogen) atoms. The molecular formula is C22H26N4O3S2. The third-order valence-electron chi connectivity index (χ3n) is 5.35. The monoisotopic (exact) mass is 458 g/mol. The number of nitrogens with zero attached hydrogens (tertiary/aromatic N) is 3. The number of amides is 1. The van der Waals surface area contributed by atoms with Crippen LogP contribution in [0.3, 0.4) is 0 Å². The average molecular weight is 459 g/mol. The molecule has 1 amide bonds. The first-order chi connectivity index (χ1) is 15.1. The summed E-state index contributed by atoms with van der Waals surface area (Å²) in [5.74, 6) is 2.22. The highest BCUT2D eigenvalue weighted by Crippen LogP contribution is 2.37. The minimum Gasteiger partial charge on any atom is -0.497 e. The van der Waals surface area contributed by atoms with Gasteiger partial charge < -0.3 is 19.4 Å². The molecule has 0 saturated carbocycles. The van der Waals surface area contributed by atoms with Gasteiger partial charge in [0, 0.05) is 28.4 Å². The second-order valence-corrected chi connectivity index (χ2v) is 9.12. The van der Waals surface area contributed by atoms with E-state index >= 15 is 0 Å². The molecule has 2 aromatic heterocycles. The number of methoxy groups -OCH3 is 2. The van der Waals surface area contributed by atoms with Gasteiger partial charge in [-0.1, -0.05) is 11.8 Å². The summed E-state index contributed by atoms with van der Waals surface area (Å²) in [6.07, 6.45) is 4.77. The summed E-state index contributed by atoms with van der Waals surface area (Å²) >= 11 is 3.21. The molecule has 1 aliphatic carbocycles. The first-order valence-corrected chi connectivity index (χ1v) is 12.2. The number of thiophene rings is 1. The zero-order valence-electron chi connectivity index (χ0n) is 17.9. The van der Waals surface area contributed by atoms with E-state index in [1.54, 1.807) is 32.4 Å². The molecule has 164 valence electrons. The zero-order valence-corrected chi connectivity index (χ0v) is 19.6. The van der Waals surface area contributed by atoms with Crippen LogP contribution in [0.15, 0.2) is 28.7 Å². The van der Waals surface area contributed by atoms with Crippen LogP contribution in [-0.4, -0.2) is 40.6 Å². The lowest BCUT2D eigenvalue weighted by Gasteiger charge is -2.13. The van der Waals surface area contributed by atoms with Gasteiger partial charge in [-0.3, -0.25) is 4.79 Å². The molecular weight excluding hydrogens is 432 g/mol. The van der Waals surface area contributed by atoms with Crippen molar-refractivity contribution in [3.63, 3.8) is 0 Å². The lowest BCUT2D eigenvalue weighted by atomic mass is 9.96. The molecule has 1 aromatic carbocycles. The number of anilines is 1. The third-order valence-corrected chi connectivity index (χ3v) is 7.40. The Hall–Kier alpha value is -2.52. The highest BCUT2D eigenvalue weighted by Gasteiger charge is 2.22. The average Bonchev–Trinajstić information content (AvgIpc) is 3.40. The molecule has 1 aliphatic rings. The van der Waals surface area contributed by atoms with Gasteiger partial charge in [0.05, 0.1) is 25.7 Å². The summed E-state index contributed by atoms with van der Waals surface area (Å²) in [6, 6.07) is 5.30. The van der Waals surface area contributed by atoms with Crippen molar-refractivity contribution in [1.29, 1.82) is 0 Å². The van der Waals surface area contributed by atoms with Crippen LogP contribution in [0.4, 0.5) is 5.69 Å². The minimum atomic E-state index is -0.142. The van der Waals surface area contributed by atoms with Crippen molar-refractivity contribution in [2.24, 2.45) is 0 Å². The van der Waals surface area contributed by atoms with E-state index in [9.17, 15) is 4.79 Å². The molecule has 0 fully saturated rings. The number of rotatable bonds is 8. The number of carbonyl (C=O) groups excluding carboxylic acids is 1. The fourth-order valence-electron chi connectivity index (χ4n) is 3.79. The van der Waals surface area contributed by atoms with E-state index in [2.05, 4.69) is 32.4 Å². The van der Waals surface area contributed by atoms with Crippen LogP contribution in [0.5, 0.6) is 11.5 Å². The quantitative estimate of drug-likeness (QED) is 0.495. The number of hydrogen-bond donors (Lipinski definition) is 1. The highest BCUT2D eigenvalue weighted by molar-refractivity contribution is 7.99. The summed E-state index contributed by atoms with van der Waals surface area (Å²) in [6.45, 7) is 2.83. The predicted octanol–water partition coefficient (Wildman–Crippen LogP) is 4.65.